The van der Waals surface area contributed by atoms with E-state index in [-0.39, 0.29) is 6.10 Å². The van der Waals surface area contributed by atoms with Gasteiger partial charge in [-0.25, -0.2) is 0 Å². The molecule has 1 unspecified atom stereocenters. The van der Waals surface area contributed by atoms with E-state index in [1.54, 1.807) is 0 Å². The first kappa shape index (κ1) is 11.1. The molecule has 3 heteroatoms. The predicted molar refractivity (Wildman–Crippen MR) is 57.0 cm³/mol. The lowest BCUT2D eigenvalue weighted by Gasteiger charge is -2.08. The van der Waals surface area contributed by atoms with Gasteiger partial charge in [0.1, 0.15) is 0 Å². The molecule has 1 aromatic heterocycles. The molecule has 0 aromatic carbocycles. The van der Waals surface area contributed by atoms with Crippen molar-refractivity contribution in [2.75, 3.05) is 6.54 Å². The van der Waals surface area contributed by atoms with Gasteiger partial charge in [-0.15, -0.1) is 0 Å². The van der Waals surface area contributed by atoms with Gasteiger partial charge in [0.15, 0.2) is 0 Å². The van der Waals surface area contributed by atoms with Gasteiger partial charge >= 0.3 is 0 Å². The molecule has 1 atom stereocenters. The average molecular weight is 194 g/mol. The summed E-state index contributed by atoms with van der Waals surface area (Å²) in [5.74, 6) is 0. The monoisotopic (exact) mass is 194 g/mol. The largest absolute Gasteiger partial charge is 0.393 e. The highest BCUT2D eigenvalue weighted by atomic mass is 16.3. The van der Waals surface area contributed by atoms with E-state index in [1.807, 2.05) is 12.3 Å². The molecule has 0 aliphatic heterocycles. The van der Waals surface area contributed by atoms with E-state index in [0.717, 1.165) is 12.1 Å². The molecule has 3 nitrogen and oxygen atoms in total. The van der Waals surface area contributed by atoms with Crippen LogP contribution in [0.4, 0.5) is 0 Å². The quantitative estimate of drug-likeness (QED) is 0.732. The Balaban J connectivity index is 2.50. The van der Waals surface area contributed by atoms with Gasteiger partial charge in [0.2, 0.25) is 0 Å². The van der Waals surface area contributed by atoms with Crippen LogP contribution in [-0.2, 0) is 12.8 Å². The van der Waals surface area contributed by atoms with E-state index < -0.39 is 0 Å². The molecule has 0 spiro atoms. The predicted octanol–water partition coefficient (Wildman–Crippen LogP) is 0.896. The molecule has 78 valence electrons. The third-order valence-electron chi connectivity index (χ3n) is 2.24. The van der Waals surface area contributed by atoms with E-state index in [2.05, 4.69) is 18.0 Å². The van der Waals surface area contributed by atoms with Crippen molar-refractivity contribution in [3.8, 4) is 0 Å². The molecule has 1 heterocycles. The molecule has 14 heavy (non-hydrogen) atoms. The zero-order valence-electron chi connectivity index (χ0n) is 8.61. The molecule has 0 amide bonds. The van der Waals surface area contributed by atoms with E-state index in [1.165, 1.54) is 5.56 Å². The summed E-state index contributed by atoms with van der Waals surface area (Å²) in [5.41, 5.74) is 7.51. The van der Waals surface area contributed by atoms with Crippen LogP contribution < -0.4 is 5.73 Å². The third kappa shape index (κ3) is 3.44. The van der Waals surface area contributed by atoms with Crippen LogP contribution in [-0.4, -0.2) is 22.7 Å². The van der Waals surface area contributed by atoms with E-state index >= 15 is 0 Å². The summed E-state index contributed by atoms with van der Waals surface area (Å²) in [7, 11) is 0. The van der Waals surface area contributed by atoms with Crippen LogP contribution in [0.1, 0.15) is 24.6 Å². The minimum atomic E-state index is -0.361. The second-order valence-electron chi connectivity index (χ2n) is 3.45. The summed E-state index contributed by atoms with van der Waals surface area (Å²) in [5, 5.41) is 9.51. The maximum Gasteiger partial charge on any atom is 0.0607 e. The van der Waals surface area contributed by atoms with Gasteiger partial charge in [0.25, 0.3) is 0 Å². The topological polar surface area (TPSA) is 59.1 Å². The maximum atomic E-state index is 9.51. The Hall–Kier alpha value is -0.930. The van der Waals surface area contributed by atoms with Crippen LogP contribution in [0.25, 0.3) is 0 Å². The van der Waals surface area contributed by atoms with Crippen molar-refractivity contribution in [2.24, 2.45) is 5.73 Å². The molecule has 1 aromatic rings. The van der Waals surface area contributed by atoms with Crippen molar-refractivity contribution < 1.29 is 5.11 Å². The molecule has 1 rings (SSSR count). The average Bonchev–Trinajstić information content (AvgIpc) is 2.19. The van der Waals surface area contributed by atoms with Crippen LogP contribution in [0.5, 0.6) is 0 Å². The molecule has 0 saturated carbocycles. The number of aliphatic hydroxyl groups excluding tert-OH is 1. The number of nitrogens with zero attached hydrogens (tertiary/aromatic N) is 1. The molecule has 0 bridgehead atoms. The Morgan fingerprint density at radius 3 is 2.79 bits per heavy atom. The molecule has 0 aliphatic carbocycles. The number of aliphatic hydroxyl groups is 1. The minimum Gasteiger partial charge on any atom is -0.393 e. The second kappa shape index (κ2) is 5.73. The standard InChI is InChI=1S/C11H18N2O/c1-2-9-3-4-10(13-8-9)7-11(14)5-6-12/h3-4,8,11,14H,2,5-7,12H2,1H3. The summed E-state index contributed by atoms with van der Waals surface area (Å²) in [6.07, 6.45) is 3.74. The van der Waals surface area contributed by atoms with Crippen LogP contribution in [0.15, 0.2) is 18.3 Å². The lowest BCUT2D eigenvalue weighted by Crippen LogP contribution is -2.16. The van der Waals surface area contributed by atoms with E-state index in [0.29, 0.717) is 19.4 Å². The van der Waals surface area contributed by atoms with Gasteiger partial charge in [-0.1, -0.05) is 13.0 Å². The van der Waals surface area contributed by atoms with Crippen molar-refractivity contribution in [2.45, 2.75) is 32.3 Å². The van der Waals surface area contributed by atoms with Crippen LogP contribution >= 0.6 is 0 Å². The fourth-order valence-corrected chi connectivity index (χ4v) is 1.32. The number of pyridine rings is 1. The highest BCUT2D eigenvalue weighted by molar-refractivity contribution is 5.14. The first-order valence-electron chi connectivity index (χ1n) is 5.08. The lowest BCUT2D eigenvalue weighted by atomic mass is 10.1. The summed E-state index contributed by atoms with van der Waals surface area (Å²) >= 11 is 0. The van der Waals surface area contributed by atoms with Crippen molar-refractivity contribution in [1.29, 1.82) is 0 Å². The Bertz CT molecular complexity index is 258. The summed E-state index contributed by atoms with van der Waals surface area (Å²) < 4.78 is 0. The Morgan fingerprint density at radius 1 is 1.50 bits per heavy atom. The van der Waals surface area contributed by atoms with Crippen molar-refractivity contribution >= 4 is 0 Å². The molecule has 0 radical (unpaired) electrons. The number of hydrogen-bond donors (Lipinski definition) is 2. The van der Waals surface area contributed by atoms with Gasteiger partial charge in [-0.05, 0) is 31.0 Å². The maximum absolute atomic E-state index is 9.51. The SMILES string of the molecule is CCc1ccc(CC(O)CCN)nc1. The fraction of sp³-hybridized carbons (Fsp3) is 0.545. The highest BCUT2D eigenvalue weighted by Gasteiger charge is 2.04. The van der Waals surface area contributed by atoms with Crippen LogP contribution in [0.2, 0.25) is 0 Å². The summed E-state index contributed by atoms with van der Waals surface area (Å²) in [6.45, 7) is 2.62. The van der Waals surface area contributed by atoms with Crippen molar-refractivity contribution in [3.63, 3.8) is 0 Å². The highest BCUT2D eigenvalue weighted by Crippen LogP contribution is 2.05. The molecular weight excluding hydrogens is 176 g/mol. The second-order valence-corrected chi connectivity index (χ2v) is 3.45. The van der Waals surface area contributed by atoms with Gasteiger partial charge in [-0.3, -0.25) is 4.98 Å². The Labute approximate surface area is 85.0 Å². The number of hydrogen-bond acceptors (Lipinski definition) is 3. The summed E-state index contributed by atoms with van der Waals surface area (Å²) in [6, 6.07) is 4.02. The van der Waals surface area contributed by atoms with Gasteiger partial charge in [-0.2, -0.15) is 0 Å². The zero-order valence-corrected chi connectivity index (χ0v) is 8.61. The lowest BCUT2D eigenvalue weighted by molar-refractivity contribution is 0.166. The van der Waals surface area contributed by atoms with Crippen molar-refractivity contribution in [1.82, 2.24) is 4.98 Å². The van der Waals surface area contributed by atoms with Gasteiger partial charge in [0.05, 0.1) is 6.10 Å². The van der Waals surface area contributed by atoms with Gasteiger partial charge in [0, 0.05) is 18.3 Å². The van der Waals surface area contributed by atoms with Crippen LogP contribution in [0.3, 0.4) is 0 Å². The minimum absolute atomic E-state index is 0.361. The van der Waals surface area contributed by atoms with Crippen molar-refractivity contribution in [3.05, 3.63) is 29.6 Å². The Morgan fingerprint density at radius 2 is 2.29 bits per heavy atom. The zero-order chi connectivity index (χ0) is 10.4. The Kier molecular flexibility index (Phi) is 4.56. The number of rotatable bonds is 5. The first-order chi connectivity index (χ1) is 6.76. The van der Waals surface area contributed by atoms with E-state index in [4.69, 9.17) is 5.73 Å². The smallest absolute Gasteiger partial charge is 0.0607 e. The normalized spacial score (nSPS) is 12.8. The number of aryl methyl sites for hydroxylation is 1. The molecule has 0 saturated heterocycles. The molecule has 0 aliphatic rings. The van der Waals surface area contributed by atoms with Crippen LogP contribution in [0, 0.1) is 0 Å². The van der Waals surface area contributed by atoms with Gasteiger partial charge < -0.3 is 10.8 Å². The first-order valence-corrected chi connectivity index (χ1v) is 5.08. The molecular formula is C11H18N2O. The van der Waals surface area contributed by atoms with E-state index in [9.17, 15) is 5.11 Å². The number of aromatic nitrogens is 1. The third-order valence-corrected chi connectivity index (χ3v) is 2.24. The molecule has 0 fully saturated rings. The number of nitrogens with two attached hydrogens (primary N) is 1. The fourth-order valence-electron chi connectivity index (χ4n) is 1.32. The molecule has 3 N–H and O–H groups in total. The summed E-state index contributed by atoms with van der Waals surface area (Å²) in [4.78, 5) is 4.27.